The number of halogens is 1. The molecule has 1 N–H and O–H groups in total. The molecule has 4 rings (SSSR count). The minimum Gasteiger partial charge on any atom is -0.465 e. The molecule has 7 heteroatoms. The summed E-state index contributed by atoms with van der Waals surface area (Å²) in [6, 6.07) is 15.5. The molecule has 1 aromatic heterocycles. The Bertz CT molecular complexity index is 1060. The molecule has 0 spiro atoms. The Morgan fingerprint density at radius 3 is 2.57 bits per heavy atom. The fourth-order valence-electron chi connectivity index (χ4n) is 3.62. The third-order valence-corrected chi connectivity index (χ3v) is 6.24. The number of hydrogen-bond acceptors (Lipinski definition) is 5. The van der Waals surface area contributed by atoms with E-state index in [1.165, 1.54) is 48.3 Å². The lowest BCUT2D eigenvalue weighted by atomic mass is 10.0. The monoisotopic (exact) mass is 424 g/mol. The van der Waals surface area contributed by atoms with Gasteiger partial charge in [-0.3, -0.25) is 9.69 Å². The number of fused-ring (bicyclic) bond motifs is 1. The molecular weight excluding hydrogens is 403 g/mol. The van der Waals surface area contributed by atoms with E-state index in [2.05, 4.69) is 22.3 Å². The van der Waals surface area contributed by atoms with Gasteiger partial charge in [-0.2, -0.15) is 0 Å². The number of thiophene rings is 1. The average molecular weight is 424 g/mol. The molecule has 0 saturated heterocycles. The first kappa shape index (κ1) is 20.3. The van der Waals surface area contributed by atoms with Gasteiger partial charge in [0.05, 0.1) is 12.7 Å². The number of amides is 1. The molecule has 5 nitrogen and oxygen atoms in total. The van der Waals surface area contributed by atoms with Crippen molar-refractivity contribution in [3.63, 3.8) is 0 Å². The molecule has 30 heavy (non-hydrogen) atoms. The number of nitrogens with one attached hydrogen (secondary N) is 1. The molecule has 1 amide bonds. The number of methoxy groups -OCH3 is 1. The van der Waals surface area contributed by atoms with Crippen LogP contribution in [0.1, 0.15) is 36.7 Å². The Balaban J connectivity index is 1.58. The topological polar surface area (TPSA) is 58.6 Å². The molecule has 1 aliphatic rings. The van der Waals surface area contributed by atoms with Crippen LogP contribution >= 0.6 is 11.3 Å². The second kappa shape index (κ2) is 8.77. The van der Waals surface area contributed by atoms with Crippen molar-refractivity contribution in [2.45, 2.75) is 19.5 Å². The molecule has 2 heterocycles. The molecule has 0 unspecified atom stereocenters. The van der Waals surface area contributed by atoms with Crippen molar-refractivity contribution in [2.24, 2.45) is 0 Å². The lowest BCUT2D eigenvalue weighted by Gasteiger charge is -2.27. The smallest absolute Gasteiger partial charge is 0.341 e. The summed E-state index contributed by atoms with van der Waals surface area (Å²) in [5.74, 6) is -1.26. The largest absolute Gasteiger partial charge is 0.465 e. The van der Waals surface area contributed by atoms with Crippen molar-refractivity contribution in [2.75, 3.05) is 19.0 Å². The molecular formula is C23H21FN2O3S. The zero-order valence-corrected chi connectivity index (χ0v) is 17.3. The molecule has 154 valence electrons. The van der Waals surface area contributed by atoms with Gasteiger partial charge < -0.3 is 10.1 Å². The Labute approximate surface area is 178 Å². The maximum atomic E-state index is 13.1. The summed E-state index contributed by atoms with van der Waals surface area (Å²) in [5.41, 5.74) is 2.91. The van der Waals surface area contributed by atoms with E-state index in [1.807, 2.05) is 18.2 Å². The minimum atomic E-state index is -0.460. The van der Waals surface area contributed by atoms with Gasteiger partial charge in [0, 0.05) is 30.1 Å². The molecule has 0 radical (unpaired) electrons. The molecule has 0 bridgehead atoms. The van der Waals surface area contributed by atoms with E-state index >= 15 is 0 Å². The summed E-state index contributed by atoms with van der Waals surface area (Å²) in [7, 11) is 1.34. The molecule has 2 aromatic carbocycles. The zero-order valence-electron chi connectivity index (χ0n) is 16.5. The van der Waals surface area contributed by atoms with E-state index in [0.29, 0.717) is 29.1 Å². The minimum absolute atomic E-state index is 0.323. The number of anilines is 1. The fraction of sp³-hybridized carbons (Fsp3) is 0.217. The van der Waals surface area contributed by atoms with E-state index in [-0.39, 0.29) is 5.91 Å². The number of benzene rings is 2. The molecule has 1 aliphatic heterocycles. The summed E-state index contributed by atoms with van der Waals surface area (Å²) >= 11 is 1.40. The number of carbonyl (C=O) groups is 2. The van der Waals surface area contributed by atoms with E-state index in [1.54, 1.807) is 0 Å². The Morgan fingerprint density at radius 1 is 1.13 bits per heavy atom. The second-order valence-corrected chi connectivity index (χ2v) is 8.21. The summed E-state index contributed by atoms with van der Waals surface area (Å²) < 4.78 is 18.1. The van der Waals surface area contributed by atoms with Crippen molar-refractivity contribution in [3.8, 4) is 0 Å². The number of rotatable bonds is 5. The zero-order chi connectivity index (χ0) is 21.1. The van der Waals surface area contributed by atoms with Crippen LogP contribution in [-0.2, 0) is 24.2 Å². The van der Waals surface area contributed by atoms with E-state index in [4.69, 9.17) is 4.74 Å². The predicted molar refractivity (Wildman–Crippen MR) is 114 cm³/mol. The number of carbonyl (C=O) groups excluding carboxylic acids is 2. The lowest BCUT2D eigenvalue weighted by Crippen LogP contribution is -2.29. The average Bonchev–Trinajstić information content (AvgIpc) is 3.11. The summed E-state index contributed by atoms with van der Waals surface area (Å²) in [6.45, 7) is 2.34. The third-order valence-electron chi connectivity index (χ3n) is 5.11. The van der Waals surface area contributed by atoms with E-state index < -0.39 is 11.8 Å². The maximum Gasteiger partial charge on any atom is 0.341 e. The molecule has 0 fully saturated rings. The van der Waals surface area contributed by atoms with Crippen LogP contribution in [0.15, 0.2) is 54.6 Å². The van der Waals surface area contributed by atoms with Crippen LogP contribution < -0.4 is 5.32 Å². The quantitative estimate of drug-likeness (QED) is 0.614. The van der Waals surface area contributed by atoms with Crippen molar-refractivity contribution in [1.82, 2.24) is 4.90 Å². The second-order valence-electron chi connectivity index (χ2n) is 7.11. The molecule has 0 aliphatic carbocycles. The number of ether oxygens (including phenoxy) is 1. The van der Waals surface area contributed by atoms with Gasteiger partial charge >= 0.3 is 5.97 Å². The van der Waals surface area contributed by atoms with E-state index in [9.17, 15) is 14.0 Å². The van der Waals surface area contributed by atoms with Crippen molar-refractivity contribution >= 4 is 28.2 Å². The Kier molecular flexibility index (Phi) is 5.92. The van der Waals surface area contributed by atoms with Gasteiger partial charge in [0.2, 0.25) is 0 Å². The molecule has 0 atom stereocenters. The van der Waals surface area contributed by atoms with Crippen molar-refractivity contribution < 1.29 is 18.7 Å². The third kappa shape index (κ3) is 4.27. The first-order valence-electron chi connectivity index (χ1n) is 9.61. The SMILES string of the molecule is COC(=O)c1c(NC(=O)c2ccc(F)cc2)sc2c1CCN(Cc1ccccc1)C2. The van der Waals surface area contributed by atoms with E-state index in [0.717, 1.165) is 23.5 Å². The first-order chi connectivity index (χ1) is 14.5. The number of esters is 1. The van der Waals surface area contributed by atoms with Gasteiger partial charge in [-0.25, -0.2) is 9.18 Å². The van der Waals surface area contributed by atoms with Gasteiger partial charge in [0.25, 0.3) is 5.91 Å². The van der Waals surface area contributed by atoms with Crippen LogP contribution in [0.3, 0.4) is 0 Å². The van der Waals surface area contributed by atoms with Crippen molar-refractivity contribution in [1.29, 1.82) is 0 Å². The van der Waals surface area contributed by atoms with Crippen LogP contribution in [0.5, 0.6) is 0 Å². The van der Waals surface area contributed by atoms with Gasteiger partial charge in [-0.05, 0) is 41.8 Å². The Hall–Kier alpha value is -3.03. The summed E-state index contributed by atoms with van der Waals surface area (Å²) in [4.78, 5) is 28.5. The number of nitrogens with zero attached hydrogens (tertiary/aromatic N) is 1. The molecule has 0 saturated carbocycles. The summed E-state index contributed by atoms with van der Waals surface area (Å²) in [5, 5.41) is 3.30. The van der Waals surface area contributed by atoms with Crippen LogP contribution in [0.2, 0.25) is 0 Å². The fourth-order valence-corrected chi connectivity index (χ4v) is 4.89. The van der Waals surface area contributed by atoms with Crippen LogP contribution in [0, 0.1) is 5.82 Å². The normalized spacial score (nSPS) is 13.5. The van der Waals surface area contributed by atoms with Gasteiger partial charge in [-0.1, -0.05) is 30.3 Å². The summed E-state index contributed by atoms with van der Waals surface area (Å²) in [6.07, 6.45) is 0.704. The highest BCUT2D eigenvalue weighted by Gasteiger charge is 2.29. The highest BCUT2D eigenvalue weighted by molar-refractivity contribution is 7.17. The van der Waals surface area contributed by atoms with Crippen LogP contribution in [0.4, 0.5) is 9.39 Å². The lowest BCUT2D eigenvalue weighted by molar-refractivity contribution is 0.0600. The maximum absolute atomic E-state index is 13.1. The van der Waals surface area contributed by atoms with Gasteiger partial charge in [0.1, 0.15) is 10.8 Å². The van der Waals surface area contributed by atoms with Gasteiger partial charge in [-0.15, -0.1) is 11.3 Å². The van der Waals surface area contributed by atoms with Crippen LogP contribution in [-0.4, -0.2) is 30.4 Å². The highest BCUT2D eigenvalue weighted by atomic mass is 32.1. The molecule has 3 aromatic rings. The Morgan fingerprint density at radius 2 is 1.87 bits per heavy atom. The first-order valence-corrected chi connectivity index (χ1v) is 10.4. The van der Waals surface area contributed by atoms with Crippen molar-refractivity contribution in [3.05, 3.63) is 87.5 Å². The van der Waals surface area contributed by atoms with Crippen LogP contribution in [0.25, 0.3) is 0 Å². The predicted octanol–water partition coefficient (Wildman–Crippen LogP) is 4.48. The standard InChI is InChI=1S/C23H21FN2O3S/c1-29-23(28)20-18-11-12-26(13-15-5-3-2-4-6-15)14-19(18)30-22(20)25-21(27)16-7-9-17(24)10-8-16/h2-10H,11-14H2,1H3,(H,25,27). The number of hydrogen-bond donors (Lipinski definition) is 1. The highest BCUT2D eigenvalue weighted by Crippen LogP contribution is 2.38. The van der Waals surface area contributed by atoms with Gasteiger partial charge in [0.15, 0.2) is 0 Å².